The molecule has 0 radical (unpaired) electrons. The van der Waals surface area contributed by atoms with Crippen LogP contribution in [-0.4, -0.2) is 55.0 Å². The Morgan fingerprint density at radius 1 is 1.54 bits per heavy atom. The van der Waals surface area contributed by atoms with Crippen LogP contribution in [0.1, 0.15) is 6.92 Å². The van der Waals surface area contributed by atoms with E-state index in [9.17, 15) is 9.59 Å². The van der Waals surface area contributed by atoms with Crippen LogP contribution in [0.3, 0.4) is 0 Å². The topological polar surface area (TPSA) is 69.6 Å². The van der Waals surface area contributed by atoms with Gasteiger partial charge in [0.15, 0.2) is 0 Å². The van der Waals surface area contributed by atoms with Crippen molar-refractivity contribution in [1.82, 2.24) is 10.2 Å². The lowest BCUT2D eigenvalue weighted by molar-refractivity contribution is -0.118. The molecule has 0 aliphatic rings. The fourth-order valence-corrected chi connectivity index (χ4v) is 1.01. The van der Waals surface area contributed by atoms with Gasteiger partial charge < -0.3 is 10.4 Å². The van der Waals surface area contributed by atoms with Crippen LogP contribution in [-0.2, 0) is 9.59 Å². The molecular formula is C8H16N2O3. The minimum absolute atomic E-state index is 0.0222. The molecule has 13 heavy (non-hydrogen) atoms. The maximum absolute atomic E-state index is 10.7. The van der Waals surface area contributed by atoms with E-state index in [1.807, 2.05) is 0 Å². The van der Waals surface area contributed by atoms with Crippen LogP contribution >= 0.6 is 0 Å². The summed E-state index contributed by atoms with van der Waals surface area (Å²) in [6, 6.07) is 0. The SMILES string of the molecule is CC(=O)CN(CCO)CCNC=O. The number of aliphatic hydroxyl groups excluding tert-OH is 1. The van der Waals surface area contributed by atoms with Gasteiger partial charge in [0, 0.05) is 19.6 Å². The van der Waals surface area contributed by atoms with Crippen molar-refractivity contribution in [3.8, 4) is 0 Å². The minimum atomic E-state index is 0.0222. The summed E-state index contributed by atoms with van der Waals surface area (Å²) in [7, 11) is 0. The predicted octanol–water partition coefficient (Wildman–Crippen LogP) is -1.38. The molecule has 0 aromatic rings. The Kier molecular flexibility index (Phi) is 7.14. The molecule has 0 unspecified atom stereocenters. The number of amides is 1. The lowest BCUT2D eigenvalue weighted by atomic mass is 10.3. The van der Waals surface area contributed by atoms with E-state index in [1.165, 1.54) is 6.92 Å². The van der Waals surface area contributed by atoms with Crippen molar-refractivity contribution in [3.63, 3.8) is 0 Å². The first-order valence-electron chi connectivity index (χ1n) is 4.20. The molecule has 0 rings (SSSR count). The van der Waals surface area contributed by atoms with Crippen LogP contribution in [0.4, 0.5) is 0 Å². The summed E-state index contributed by atoms with van der Waals surface area (Å²) in [6.45, 7) is 3.38. The zero-order valence-corrected chi connectivity index (χ0v) is 7.82. The second-order valence-electron chi connectivity index (χ2n) is 2.77. The molecule has 0 spiro atoms. The van der Waals surface area contributed by atoms with E-state index in [4.69, 9.17) is 5.11 Å². The van der Waals surface area contributed by atoms with Crippen LogP contribution in [0.5, 0.6) is 0 Å². The number of aliphatic hydroxyl groups is 1. The molecular weight excluding hydrogens is 172 g/mol. The van der Waals surface area contributed by atoms with E-state index in [2.05, 4.69) is 5.32 Å². The number of nitrogens with zero attached hydrogens (tertiary/aromatic N) is 1. The zero-order chi connectivity index (χ0) is 10.1. The van der Waals surface area contributed by atoms with Crippen molar-refractivity contribution >= 4 is 12.2 Å². The van der Waals surface area contributed by atoms with E-state index in [-0.39, 0.29) is 12.4 Å². The summed E-state index contributed by atoms with van der Waals surface area (Å²) in [4.78, 5) is 22.5. The third-order valence-electron chi connectivity index (χ3n) is 1.52. The van der Waals surface area contributed by atoms with E-state index in [0.717, 1.165) is 0 Å². The summed E-state index contributed by atoms with van der Waals surface area (Å²) >= 11 is 0. The zero-order valence-electron chi connectivity index (χ0n) is 7.82. The van der Waals surface area contributed by atoms with Crippen LogP contribution in [0.25, 0.3) is 0 Å². The van der Waals surface area contributed by atoms with Gasteiger partial charge in [-0.3, -0.25) is 14.5 Å². The van der Waals surface area contributed by atoms with Crippen molar-refractivity contribution in [2.75, 3.05) is 32.8 Å². The monoisotopic (exact) mass is 188 g/mol. The highest BCUT2D eigenvalue weighted by atomic mass is 16.3. The number of Topliss-reactive ketones (excluding diaryl/α,β-unsaturated/α-hetero) is 1. The third kappa shape index (κ3) is 7.42. The summed E-state index contributed by atoms with van der Waals surface area (Å²) < 4.78 is 0. The minimum Gasteiger partial charge on any atom is -0.395 e. The molecule has 1 amide bonds. The van der Waals surface area contributed by atoms with Crippen LogP contribution < -0.4 is 5.32 Å². The fourth-order valence-electron chi connectivity index (χ4n) is 1.01. The summed E-state index contributed by atoms with van der Waals surface area (Å²) in [6.07, 6.45) is 0.616. The van der Waals surface area contributed by atoms with Gasteiger partial charge >= 0.3 is 0 Å². The van der Waals surface area contributed by atoms with Gasteiger partial charge in [0.05, 0.1) is 13.2 Å². The Hall–Kier alpha value is -0.940. The second kappa shape index (κ2) is 7.70. The smallest absolute Gasteiger partial charge is 0.207 e. The summed E-state index contributed by atoms with van der Waals surface area (Å²) in [5.74, 6) is 0.0551. The van der Waals surface area contributed by atoms with Crippen LogP contribution in [0.15, 0.2) is 0 Å². The molecule has 0 aliphatic carbocycles. The number of hydrogen-bond acceptors (Lipinski definition) is 4. The molecule has 0 atom stereocenters. The Morgan fingerprint density at radius 3 is 2.69 bits per heavy atom. The quantitative estimate of drug-likeness (QED) is 0.364. The third-order valence-corrected chi connectivity index (χ3v) is 1.52. The number of rotatable bonds is 8. The highest BCUT2D eigenvalue weighted by Gasteiger charge is 2.05. The lowest BCUT2D eigenvalue weighted by Crippen LogP contribution is -2.36. The standard InChI is InChI=1S/C8H16N2O3/c1-8(13)6-10(4-5-11)3-2-9-7-12/h7,11H,2-6H2,1H3,(H,9,12). The summed E-state index contributed by atoms with van der Waals surface area (Å²) in [5.41, 5.74) is 0. The second-order valence-corrected chi connectivity index (χ2v) is 2.77. The van der Waals surface area contributed by atoms with Gasteiger partial charge in [-0.25, -0.2) is 0 Å². The first kappa shape index (κ1) is 12.1. The molecule has 2 N–H and O–H groups in total. The first-order chi connectivity index (χ1) is 6.20. The molecule has 0 aromatic carbocycles. The van der Waals surface area contributed by atoms with Crippen molar-refractivity contribution in [3.05, 3.63) is 0 Å². The maximum atomic E-state index is 10.7. The van der Waals surface area contributed by atoms with E-state index >= 15 is 0 Å². The maximum Gasteiger partial charge on any atom is 0.207 e. The number of carbonyl (C=O) groups is 2. The number of hydrogen-bond donors (Lipinski definition) is 2. The van der Waals surface area contributed by atoms with Crippen molar-refractivity contribution < 1.29 is 14.7 Å². The normalized spacial score (nSPS) is 10.1. The average Bonchev–Trinajstić information content (AvgIpc) is 2.04. The molecule has 5 nitrogen and oxygen atoms in total. The molecule has 0 bridgehead atoms. The van der Waals surface area contributed by atoms with E-state index < -0.39 is 0 Å². The number of ketones is 1. The molecule has 5 heteroatoms. The molecule has 0 aliphatic heterocycles. The highest BCUT2D eigenvalue weighted by molar-refractivity contribution is 5.77. The van der Waals surface area contributed by atoms with Gasteiger partial charge in [0.25, 0.3) is 0 Å². The van der Waals surface area contributed by atoms with Gasteiger partial charge in [0.1, 0.15) is 5.78 Å². The Labute approximate surface area is 77.7 Å². The fraction of sp³-hybridized carbons (Fsp3) is 0.750. The van der Waals surface area contributed by atoms with Gasteiger partial charge in [-0.2, -0.15) is 0 Å². The Balaban J connectivity index is 3.65. The van der Waals surface area contributed by atoms with Gasteiger partial charge in [-0.15, -0.1) is 0 Å². The van der Waals surface area contributed by atoms with Gasteiger partial charge in [0.2, 0.25) is 6.41 Å². The van der Waals surface area contributed by atoms with E-state index in [1.54, 1.807) is 4.90 Å². The van der Waals surface area contributed by atoms with Crippen molar-refractivity contribution in [1.29, 1.82) is 0 Å². The Bertz CT molecular complexity index is 161. The largest absolute Gasteiger partial charge is 0.395 e. The van der Waals surface area contributed by atoms with Crippen molar-refractivity contribution in [2.24, 2.45) is 0 Å². The Morgan fingerprint density at radius 2 is 2.23 bits per heavy atom. The van der Waals surface area contributed by atoms with E-state index in [0.29, 0.717) is 32.6 Å². The summed E-state index contributed by atoms with van der Waals surface area (Å²) in [5, 5.41) is 11.2. The molecule has 0 fully saturated rings. The number of nitrogens with one attached hydrogen (secondary N) is 1. The van der Waals surface area contributed by atoms with Gasteiger partial charge in [-0.1, -0.05) is 0 Å². The lowest BCUT2D eigenvalue weighted by Gasteiger charge is -2.18. The molecule has 0 aromatic heterocycles. The van der Waals surface area contributed by atoms with Crippen LogP contribution in [0, 0.1) is 0 Å². The predicted molar refractivity (Wildman–Crippen MR) is 48.3 cm³/mol. The van der Waals surface area contributed by atoms with Crippen molar-refractivity contribution in [2.45, 2.75) is 6.92 Å². The average molecular weight is 188 g/mol. The molecule has 76 valence electrons. The van der Waals surface area contributed by atoms with Crippen LogP contribution in [0.2, 0.25) is 0 Å². The first-order valence-corrected chi connectivity index (χ1v) is 4.20. The highest BCUT2D eigenvalue weighted by Crippen LogP contribution is 1.86. The molecule has 0 heterocycles. The molecule has 0 saturated carbocycles. The van der Waals surface area contributed by atoms with Gasteiger partial charge in [-0.05, 0) is 6.92 Å². The molecule has 0 saturated heterocycles. The number of carbonyl (C=O) groups excluding carboxylic acids is 2.